The predicted molar refractivity (Wildman–Crippen MR) is 70.5 cm³/mol. The van der Waals surface area contributed by atoms with E-state index < -0.39 is 0 Å². The van der Waals surface area contributed by atoms with Crippen LogP contribution in [-0.2, 0) is 17.8 Å². The third-order valence-corrected chi connectivity index (χ3v) is 3.32. The highest BCUT2D eigenvalue weighted by atomic mass is 16.2. The molecule has 2 aromatic heterocycles. The molecule has 6 heteroatoms. The SMILES string of the molecule is Cc1cnccc1NC(=O)C1Cc2nc[nH]c2CN1. The average molecular weight is 257 g/mol. The molecule has 3 heterocycles. The molecule has 6 nitrogen and oxygen atoms in total. The van der Waals surface area contributed by atoms with Gasteiger partial charge in [0, 0.05) is 31.0 Å². The second-order valence-corrected chi connectivity index (χ2v) is 4.65. The van der Waals surface area contributed by atoms with Gasteiger partial charge in [-0.2, -0.15) is 0 Å². The maximum atomic E-state index is 12.2. The van der Waals surface area contributed by atoms with E-state index in [0.29, 0.717) is 13.0 Å². The number of hydrogen-bond donors (Lipinski definition) is 3. The van der Waals surface area contributed by atoms with Crippen LogP contribution in [0.15, 0.2) is 24.8 Å². The molecule has 0 saturated heterocycles. The zero-order chi connectivity index (χ0) is 13.2. The van der Waals surface area contributed by atoms with Crippen molar-refractivity contribution in [3.8, 4) is 0 Å². The molecule has 19 heavy (non-hydrogen) atoms. The van der Waals surface area contributed by atoms with Gasteiger partial charge in [-0.15, -0.1) is 0 Å². The molecule has 98 valence electrons. The molecule has 1 aliphatic rings. The van der Waals surface area contributed by atoms with Crippen molar-refractivity contribution in [3.63, 3.8) is 0 Å². The summed E-state index contributed by atoms with van der Waals surface area (Å²) in [6.45, 7) is 2.56. The van der Waals surface area contributed by atoms with Gasteiger partial charge in [-0.25, -0.2) is 4.98 Å². The van der Waals surface area contributed by atoms with Crippen LogP contribution in [0.1, 0.15) is 17.0 Å². The number of H-pyrrole nitrogens is 1. The zero-order valence-electron chi connectivity index (χ0n) is 10.6. The van der Waals surface area contributed by atoms with Gasteiger partial charge in [0.1, 0.15) is 0 Å². The minimum atomic E-state index is -0.247. The molecule has 3 N–H and O–H groups in total. The van der Waals surface area contributed by atoms with Crippen molar-refractivity contribution in [2.24, 2.45) is 0 Å². The summed E-state index contributed by atoms with van der Waals surface area (Å²) in [5.74, 6) is -0.0389. The Morgan fingerprint density at radius 1 is 1.53 bits per heavy atom. The molecule has 0 spiro atoms. The van der Waals surface area contributed by atoms with Crippen LogP contribution in [0, 0.1) is 6.92 Å². The lowest BCUT2D eigenvalue weighted by atomic mass is 10.0. The molecule has 3 rings (SSSR count). The summed E-state index contributed by atoms with van der Waals surface area (Å²) in [5.41, 5.74) is 3.77. The molecule has 0 bridgehead atoms. The molecule has 2 aromatic rings. The molecule has 1 atom stereocenters. The quantitative estimate of drug-likeness (QED) is 0.742. The van der Waals surface area contributed by atoms with E-state index in [2.05, 4.69) is 25.6 Å². The summed E-state index contributed by atoms with van der Waals surface area (Å²) in [5, 5.41) is 6.13. The summed E-state index contributed by atoms with van der Waals surface area (Å²) < 4.78 is 0. The number of aryl methyl sites for hydroxylation is 1. The van der Waals surface area contributed by atoms with Crippen LogP contribution in [-0.4, -0.2) is 26.9 Å². The second-order valence-electron chi connectivity index (χ2n) is 4.65. The Hall–Kier alpha value is -2.21. The Bertz CT molecular complexity index is 607. The highest BCUT2D eigenvalue weighted by molar-refractivity contribution is 5.95. The van der Waals surface area contributed by atoms with Crippen LogP contribution in [0.4, 0.5) is 5.69 Å². The summed E-state index contributed by atoms with van der Waals surface area (Å²) in [7, 11) is 0. The summed E-state index contributed by atoms with van der Waals surface area (Å²) in [6, 6.07) is 1.55. The maximum Gasteiger partial charge on any atom is 0.241 e. The largest absolute Gasteiger partial charge is 0.347 e. The number of aromatic amines is 1. The third kappa shape index (κ3) is 2.34. The Balaban J connectivity index is 1.71. The van der Waals surface area contributed by atoms with Gasteiger partial charge >= 0.3 is 0 Å². The van der Waals surface area contributed by atoms with Crippen LogP contribution in [0.25, 0.3) is 0 Å². The van der Waals surface area contributed by atoms with Crippen LogP contribution >= 0.6 is 0 Å². The smallest absolute Gasteiger partial charge is 0.241 e. The van der Waals surface area contributed by atoms with Crippen molar-refractivity contribution in [2.75, 3.05) is 5.32 Å². The molecule has 1 aliphatic heterocycles. The predicted octanol–water partition coefficient (Wildman–Crippen LogP) is 0.766. The molecule has 0 saturated carbocycles. The maximum absolute atomic E-state index is 12.2. The van der Waals surface area contributed by atoms with Crippen LogP contribution in [0.2, 0.25) is 0 Å². The minimum absolute atomic E-state index is 0.0389. The Morgan fingerprint density at radius 2 is 2.42 bits per heavy atom. The fourth-order valence-electron chi connectivity index (χ4n) is 2.19. The molecule has 1 amide bonds. The first kappa shape index (κ1) is 11.9. The number of anilines is 1. The normalized spacial score (nSPS) is 17.8. The average Bonchev–Trinajstić information content (AvgIpc) is 2.88. The zero-order valence-corrected chi connectivity index (χ0v) is 10.6. The van der Waals surface area contributed by atoms with Crippen molar-refractivity contribution < 1.29 is 4.79 Å². The summed E-state index contributed by atoms with van der Waals surface area (Å²) >= 11 is 0. The van der Waals surface area contributed by atoms with Gasteiger partial charge in [-0.3, -0.25) is 15.1 Å². The van der Waals surface area contributed by atoms with Crippen molar-refractivity contribution in [2.45, 2.75) is 25.9 Å². The van der Waals surface area contributed by atoms with E-state index in [9.17, 15) is 4.79 Å². The molecule has 0 radical (unpaired) electrons. The molecular formula is C13H15N5O. The summed E-state index contributed by atoms with van der Waals surface area (Å²) in [6.07, 6.45) is 5.67. The van der Waals surface area contributed by atoms with Gasteiger partial charge in [-0.05, 0) is 18.6 Å². The summed E-state index contributed by atoms with van der Waals surface area (Å²) in [4.78, 5) is 23.5. The Kier molecular flexibility index (Phi) is 3.00. The standard InChI is InChI=1S/C13H15N5O/c1-8-5-14-3-2-9(8)18-13(19)11-4-10-12(6-15-11)17-7-16-10/h2-3,5,7,11,15H,4,6H2,1H3,(H,16,17)(H,14,18,19). The number of amides is 1. The van der Waals surface area contributed by atoms with Gasteiger partial charge in [-0.1, -0.05) is 0 Å². The van der Waals surface area contributed by atoms with Gasteiger partial charge in [0.05, 0.1) is 23.8 Å². The lowest BCUT2D eigenvalue weighted by Crippen LogP contribution is -2.44. The monoisotopic (exact) mass is 257 g/mol. The van der Waals surface area contributed by atoms with Crippen molar-refractivity contribution in [1.29, 1.82) is 0 Å². The van der Waals surface area contributed by atoms with Gasteiger partial charge < -0.3 is 10.3 Å². The van der Waals surface area contributed by atoms with Gasteiger partial charge in [0.2, 0.25) is 5.91 Å². The lowest BCUT2D eigenvalue weighted by Gasteiger charge is -2.22. The highest BCUT2D eigenvalue weighted by Gasteiger charge is 2.25. The van der Waals surface area contributed by atoms with E-state index in [1.807, 2.05) is 6.92 Å². The van der Waals surface area contributed by atoms with Crippen LogP contribution in [0.3, 0.4) is 0 Å². The number of carbonyl (C=O) groups is 1. The number of pyridine rings is 1. The number of nitrogens with one attached hydrogen (secondary N) is 3. The van der Waals surface area contributed by atoms with Gasteiger partial charge in [0.15, 0.2) is 0 Å². The molecular weight excluding hydrogens is 242 g/mol. The first-order valence-electron chi connectivity index (χ1n) is 6.20. The number of fused-ring (bicyclic) bond motifs is 1. The second kappa shape index (κ2) is 4.81. The van der Waals surface area contributed by atoms with E-state index in [-0.39, 0.29) is 11.9 Å². The van der Waals surface area contributed by atoms with E-state index >= 15 is 0 Å². The van der Waals surface area contributed by atoms with E-state index in [1.165, 1.54) is 0 Å². The first-order chi connectivity index (χ1) is 9.24. The minimum Gasteiger partial charge on any atom is -0.347 e. The molecule has 0 aromatic carbocycles. The van der Waals surface area contributed by atoms with Crippen molar-refractivity contribution >= 4 is 11.6 Å². The van der Waals surface area contributed by atoms with E-state index in [4.69, 9.17) is 0 Å². The lowest BCUT2D eigenvalue weighted by molar-refractivity contribution is -0.118. The van der Waals surface area contributed by atoms with Gasteiger partial charge in [0.25, 0.3) is 0 Å². The van der Waals surface area contributed by atoms with Crippen LogP contribution in [0.5, 0.6) is 0 Å². The molecule has 0 aliphatic carbocycles. The third-order valence-electron chi connectivity index (χ3n) is 3.32. The van der Waals surface area contributed by atoms with E-state index in [0.717, 1.165) is 22.6 Å². The molecule has 0 fully saturated rings. The van der Waals surface area contributed by atoms with E-state index in [1.54, 1.807) is 24.8 Å². The number of carbonyl (C=O) groups excluding carboxylic acids is 1. The topological polar surface area (TPSA) is 82.7 Å². The highest BCUT2D eigenvalue weighted by Crippen LogP contribution is 2.15. The number of rotatable bonds is 2. The molecule has 1 unspecified atom stereocenters. The Labute approximate surface area is 110 Å². The number of aromatic nitrogens is 3. The fourth-order valence-corrected chi connectivity index (χ4v) is 2.19. The number of hydrogen-bond acceptors (Lipinski definition) is 4. The Morgan fingerprint density at radius 3 is 3.26 bits per heavy atom. The number of imidazole rings is 1. The first-order valence-corrected chi connectivity index (χ1v) is 6.20. The number of nitrogens with zero attached hydrogens (tertiary/aromatic N) is 2. The van der Waals surface area contributed by atoms with Crippen molar-refractivity contribution in [1.82, 2.24) is 20.3 Å². The van der Waals surface area contributed by atoms with Crippen molar-refractivity contribution in [3.05, 3.63) is 41.7 Å². The van der Waals surface area contributed by atoms with Crippen LogP contribution < -0.4 is 10.6 Å². The fraction of sp³-hybridized carbons (Fsp3) is 0.308.